The van der Waals surface area contributed by atoms with Gasteiger partial charge in [-0.2, -0.15) is 0 Å². The molecule has 2 aromatic heterocycles. The molecular weight excluding hydrogens is 308 g/mol. The third kappa shape index (κ3) is 3.97. The molecule has 1 fully saturated rings. The number of hydrogen-bond donors (Lipinski definition) is 1. The van der Waals surface area contributed by atoms with Crippen molar-refractivity contribution in [2.24, 2.45) is 0 Å². The summed E-state index contributed by atoms with van der Waals surface area (Å²) in [7, 11) is 0. The number of carbonyl (C=O) groups excluding carboxylic acids is 1. The molecule has 1 amide bonds. The van der Waals surface area contributed by atoms with Crippen LogP contribution in [0.1, 0.15) is 72.8 Å². The molecule has 128 valence electrons. The Balaban J connectivity index is 1.54. The maximum Gasteiger partial charge on any atom is 0.290 e. The zero-order chi connectivity index (χ0) is 16.9. The molecule has 1 saturated heterocycles. The van der Waals surface area contributed by atoms with E-state index in [4.69, 9.17) is 9.26 Å². The minimum absolute atomic E-state index is 0.00830. The smallest absolute Gasteiger partial charge is 0.290 e. The first kappa shape index (κ1) is 16.6. The number of carbonyl (C=O) groups is 1. The third-order valence-electron chi connectivity index (χ3n) is 3.99. The lowest BCUT2D eigenvalue weighted by Crippen LogP contribution is -2.22. The Kier molecular flexibility index (Phi) is 5.20. The molecule has 0 aromatic carbocycles. The van der Waals surface area contributed by atoms with Gasteiger partial charge in [0.2, 0.25) is 5.76 Å². The normalized spacial score (nSPS) is 17.9. The van der Waals surface area contributed by atoms with Gasteiger partial charge in [-0.1, -0.05) is 19.0 Å². The van der Waals surface area contributed by atoms with Crippen molar-refractivity contribution in [2.45, 2.75) is 51.7 Å². The first-order valence-electron chi connectivity index (χ1n) is 8.30. The molecule has 7 heteroatoms. The number of rotatable bonds is 5. The van der Waals surface area contributed by atoms with Crippen LogP contribution in [0.3, 0.4) is 0 Å². The highest BCUT2D eigenvalue weighted by Gasteiger charge is 2.19. The molecule has 1 N–H and O–H groups in total. The highest BCUT2D eigenvalue weighted by atomic mass is 16.5. The Hall–Kier alpha value is -2.28. The second kappa shape index (κ2) is 7.53. The summed E-state index contributed by atoms with van der Waals surface area (Å²) in [6.07, 6.45) is 6.63. The van der Waals surface area contributed by atoms with E-state index in [0.29, 0.717) is 12.4 Å². The first-order valence-corrected chi connectivity index (χ1v) is 8.30. The predicted octanol–water partition coefficient (Wildman–Crippen LogP) is 2.76. The van der Waals surface area contributed by atoms with Crippen molar-refractivity contribution in [1.29, 1.82) is 0 Å². The Bertz CT molecular complexity index is 675. The second-order valence-electron chi connectivity index (χ2n) is 6.26. The van der Waals surface area contributed by atoms with Crippen LogP contribution in [0.2, 0.25) is 0 Å². The second-order valence-corrected chi connectivity index (χ2v) is 6.26. The average Bonchev–Trinajstić information content (AvgIpc) is 3.11. The van der Waals surface area contributed by atoms with Gasteiger partial charge in [0.15, 0.2) is 5.82 Å². The molecule has 0 aliphatic carbocycles. The minimum Gasteiger partial charge on any atom is -0.370 e. The third-order valence-corrected chi connectivity index (χ3v) is 3.99. The van der Waals surface area contributed by atoms with E-state index < -0.39 is 0 Å². The van der Waals surface area contributed by atoms with Crippen molar-refractivity contribution >= 4 is 5.91 Å². The number of nitrogens with zero attached hydrogens (tertiary/aromatic N) is 3. The average molecular weight is 330 g/mol. The van der Waals surface area contributed by atoms with Gasteiger partial charge in [0.1, 0.15) is 6.10 Å². The van der Waals surface area contributed by atoms with Gasteiger partial charge in [-0.15, -0.1) is 0 Å². The molecule has 3 rings (SSSR count). The number of hydrogen-bond acceptors (Lipinski definition) is 6. The summed E-state index contributed by atoms with van der Waals surface area (Å²) in [6.45, 7) is 5.09. The molecule has 2 aromatic rings. The van der Waals surface area contributed by atoms with Crippen molar-refractivity contribution in [2.75, 3.05) is 6.61 Å². The van der Waals surface area contributed by atoms with E-state index in [2.05, 4.69) is 20.4 Å². The van der Waals surface area contributed by atoms with Crippen LogP contribution in [0.15, 0.2) is 23.0 Å². The van der Waals surface area contributed by atoms with Crippen LogP contribution < -0.4 is 5.32 Å². The van der Waals surface area contributed by atoms with Gasteiger partial charge >= 0.3 is 0 Å². The van der Waals surface area contributed by atoms with Crippen molar-refractivity contribution < 1.29 is 14.1 Å². The summed E-state index contributed by atoms with van der Waals surface area (Å²) in [4.78, 5) is 20.8. The molecular formula is C17H22N4O3. The topological polar surface area (TPSA) is 90.1 Å². The van der Waals surface area contributed by atoms with E-state index in [0.717, 1.165) is 37.1 Å². The van der Waals surface area contributed by atoms with Crippen LogP contribution in [-0.4, -0.2) is 27.6 Å². The van der Waals surface area contributed by atoms with E-state index in [1.54, 1.807) is 18.5 Å². The van der Waals surface area contributed by atoms with Crippen molar-refractivity contribution in [1.82, 2.24) is 20.4 Å². The lowest BCUT2D eigenvalue weighted by atomic mass is 10.1. The Morgan fingerprint density at radius 1 is 1.33 bits per heavy atom. The summed E-state index contributed by atoms with van der Waals surface area (Å²) in [6, 6.07) is 1.67. The molecule has 0 saturated carbocycles. The van der Waals surface area contributed by atoms with Gasteiger partial charge in [-0.3, -0.25) is 4.79 Å². The van der Waals surface area contributed by atoms with Gasteiger partial charge in [-0.25, -0.2) is 9.97 Å². The fraction of sp³-hybridized carbons (Fsp3) is 0.529. The van der Waals surface area contributed by atoms with Crippen molar-refractivity contribution in [3.63, 3.8) is 0 Å². The molecule has 1 aliphatic rings. The number of nitrogens with one attached hydrogen (secondary N) is 1. The van der Waals surface area contributed by atoms with Crippen LogP contribution in [0.5, 0.6) is 0 Å². The van der Waals surface area contributed by atoms with E-state index in [9.17, 15) is 4.79 Å². The van der Waals surface area contributed by atoms with Gasteiger partial charge in [-0.05, 0) is 25.2 Å². The van der Waals surface area contributed by atoms with Crippen LogP contribution in [0.25, 0.3) is 0 Å². The van der Waals surface area contributed by atoms with E-state index >= 15 is 0 Å². The number of ether oxygens (including phenoxy) is 1. The van der Waals surface area contributed by atoms with E-state index in [1.165, 1.54) is 0 Å². The predicted molar refractivity (Wildman–Crippen MR) is 86.3 cm³/mol. The maximum absolute atomic E-state index is 12.1. The zero-order valence-electron chi connectivity index (χ0n) is 14.0. The van der Waals surface area contributed by atoms with Crippen LogP contribution in [0.4, 0.5) is 0 Å². The number of aromatic nitrogens is 3. The fourth-order valence-electron chi connectivity index (χ4n) is 2.50. The highest BCUT2D eigenvalue weighted by molar-refractivity contribution is 5.91. The monoisotopic (exact) mass is 330 g/mol. The first-order chi connectivity index (χ1) is 11.6. The highest BCUT2D eigenvalue weighted by Crippen LogP contribution is 2.24. The molecule has 24 heavy (non-hydrogen) atoms. The van der Waals surface area contributed by atoms with E-state index in [1.807, 2.05) is 13.8 Å². The van der Waals surface area contributed by atoms with Gasteiger partial charge in [0.05, 0.1) is 5.69 Å². The standard InChI is InChI=1S/C17H22N4O3/c1-11(2)13-7-15(24-21-13)17(22)20-10-12-8-18-16(19-9-12)14-5-3-4-6-23-14/h7-9,11,14H,3-6,10H2,1-2H3,(H,20,22)/t14-/m1/s1. The molecule has 1 atom stereocenters. The molecule has 0 radical (unpaired) electrons. The van der Waals surface area contributed by atoms with E-state index in [-0.39, 0.29) is 23.7 Å². The van der Waals surface area contributed by atoms with Crippen LogP contribution in [0, 0.1) is 0 Å². The summed E-state index contributed by atoms with van der Waals surface area (Å²) >= 11 is 0. The lowest BCUT2D eigenvalue weighted by Gasteiger charge is -2.21. The SMILES string of the molecule is CC(C)c1cc(C(=O)NCc2cnc([C@H]3CCCCO3)nc2)on1. The summed E-state index contributed by atoms with van der Waals surface area (Å²) in [5.41, 5.74) is 1.59. The Labute approximate surface area is 140 Å². The molecule has 7 nitrogen and oxygen atoms in total. The molecule has 3 heterocycles. The zero-order valence-corrected chi connectivity index (χ0v) is 14.0. The Morgan fingerprint density at radius 3 is 2.75 bits per heavy atom. The summed E-state index contributed by atoms with van der Waals surface area (Å²) in [5.74, 6) is 0.848. The Morgan fingerprint density at radius 2 is 2.12 bits per heavy atom. The van der Waals surface area contributed by atoms with Gasteiger partial charge < -0.3 is 14.6 Å². The van der Waals surface area contributed by atoms with Crippen molar-refractivity contribution in [3.05, 3.63) is 41.3 Å². The van der Waals surface area contributed by atoms with Crippen LogP contribution >= 0.6 is 0 Å². The quantitative estimate of drug-likeness (QED) is 0.906. The largest absolute Gasteiger partial charge is 0.370 e. The molecule has 1 aliphatic heterocycles. The molecule has 0 unspecified atom stereocenters. The number of amides is 1. The lowest BCUT2D eigenvalue weighted by molar-refractivity contribution is 0.00940. The summed E-state index contributed by atoms with van der Waals surface area (Å²) in [5, 5.41) is 6.66. The van der Waals surface area contributed by atoms with Crippen LogP contribution in [-0.2, 0) is 11.3 Å². The molecule has 0 bridgehead atoms. The van der Waals surface area contributed by atoms with Gasteiger partial charge in [0.25, 0.3) is 5.91 Å². The minimum atomic E-state index is -0.297. The maximum atomic E-state index is 12.1. The summed E-state index contributed by atoms with van der Waals surface area (Å²) < 4.78 is 10.7. The van der Waals surface area contributed by atoms with Gasteiger partial charge in [0, 0.05) is 37.2 Å². The van der Waals surface area contributed by atoms with Crippen molar-refractivity contribution in [3.8, 4) is 0 Å². The fourth-order valence-corrected chi connectivity index (χ4v) is 2.50. The molecule has 0 spiro atoms.